The largest absolute Gasteiger partial charge is 0.355 e. The van der Waals surface area contributed by atoms with Gasteiger partial charge in [-0.05, 0) is 47.9 Å². The molecule has 7 heteroatoms. The molecule has 0 fully saturated rings. The number of hydrogen-bond donors (Lipinski definition) is 1. The zero-order chi connectivity index (χ0) is 19.9. The van der Waals surface area contributed by atoms with Crippen molar-refractivity contribution in [1.29, 1.82) is 0 Å². The molecule has 1 N–H and O–H groups in total. The Morgan fingerprint density at radius 2 is 1.86 bits per heavy atom. The number of tetrazole rings is 1. The number of carbonyl (C=O) groups excluding carboxylic acids is 1. The molecule has 0 bridgehead atoms. The van der Waals surface area contributed by atoms with Crippen molar-refractivity contribution in [3.63, 3.8) is 0 Å². The van der Waals surface area contributed by atoms with E-state index in [2.05, 4.69) is 39.9 Å². The van der Waals surface area contributed by atoms with Crippen molar-refractivity contribution in [2.24, 2.45) is 0 Å². The van der Waals surface area contributed by atoms with Crippen LogP contribution in [0, 0.1) is 6.92 Å². The topological polar surface area (TPSA) is 72.7 Å². The van der Waals surface area contributed by atoms with Gasteiger partial charge >= 0.3 is 0 Å². The molecule has 2 atom stereocenters. The number of benzene rings is 2. The number of nitrogens with one attached hydrogen (secondary N) is 1. The van der Waals surface area contributed by atoms with Gasteiger partial charge < -0.3 is 5.32 Å². The second-order valence-corrected chi connectivity index (χ2v) is 7.99. The number of carbonyl (C=O) groups is 1. The summed E-state index contributed by atoms with van der Waals surface area (Å²) in [6, 6.07) is 18.2. The third-order valence-electron chi connectivity index (χ3n) is 4.72. The second kappa shape index (κ2) is 9.50. The van der Waals surface area contributed by atoms with E-state index in [9.17, 15) is 4.79 Å². The Bertz CT molecular complexity index is 912. The molecule has 0 unspecified atom stereocenters. The number of aryl methyl sites for hydroxylation is 1. The van der Waals surface area contributed by atoms with Crippen LogP contribution >= 0.6 is 11.8 Å². The van der Waals surface area contributed by atoms with Crippen LogP contribution in [0.5, 0.6) is 0 Å². The fourth-order valence-electron chi connectivity index (χ4n) is 3.01. The quantitative estimate of drug-likeness (QED) is 0.588. The van der Waals surface area contributed by atoms with Gasteiger partial charge in [0.15, 0.2) is 0 Å². The maximum absolute atomic E-state index is 12.6. The smallest absolute Gasteiger partial charge is 0.233 e. The summed E-state index contributed by atoms with van der Waals surface area (Å²) < 4.78 is 1.68. The SMILES string of the molecule is CC[C@@H](CNC(=O)[C@H](C)Sc1nnnn1-c1ccccc1C)c1ccccc1. The highest BCUT2D eigenvalue weighted by atomic mass is 32.2. The minimum atomic E-state index is -0.304. The van der Waals surface area contributed by atoms with Crippen molar-refractivity contribution in [2.45, 2.75) is 43.5 Å². The highest BCUT2D eigenvalue weighted by Crippen LogP contribution is 2.24. The fourth-order valence-corrected chi connectivity index (χ4v) is 3.83. The van der Waals surface area contributed by atoms with Crippen LogP contribution in [0.4, 0.5) is 0 Å². The van der Waals surface area contributed by atoms with Gasteiger partial charge in [0, 0.05) is 12.5 Å². The lowest BCUT2D eigenvalue weighted by Gasteiger charge is -2.18. The summed E-state index contributed by atoms with van der Waals surface area (Å²) >= 11 is 1.36. The Labute approximate surface area is 169 Å². The monoisotopic (exact) mass is 395 g/mol. The van der Waals surface area contributed by atoms with Crippen LogP contribution in [0.2, 0.25) is 0 Å². The normalized spacial score (nSPS) is 13.1. The summed E-state index contributed by atoms with van der Waals surface area (Å²) in [4.78, 5) is 12.6. The molecule has 1 amide bonds. The van der Waals surface area contributed by atoms with E-state index in [1.165, 1.54) is 17.3 Å². The molecule has 1 aromatic heterocycles. The first kappa shape index (κ1) is 20.1. The predicted molar refractivity (Wildman–Crippen MR) is 112 cm³/mol. The van der Waals surface area contributed by atoms with Gasteiger partial charge in [0.1, 0.15) is 0 Å². The fraction of sp³-hybridized carbons (Fsp3) is 0.333. The Kier molecular flexibility index (Phi) is 6.81. The maximum Gasteiger partial charge on any atom is 0.233 e. The molecular formula is C21H25N5OS. The van der Waals surface area contributed by atoms with Crippen LogP contribution in [0.25, 0.3) is 5.69 Å². The number of aromatic nitrogens is 4. The van der Waals surface area contributed by atoms with Crippen LogP contribution in [-0.4, -0.2) is 37.9 Å². The van der Waals surface area contributed by atoms with E-state index in [0.29, 0.717) is 17.6 Å². The number of thioether (sulfide) groups is 1. The molecule has 0 spiro atoms. The maximum atomic E-state index is 12.6. The zero-order valence-electron chi connectivity index (χ0n) is 16.4. The van der Waals surface area contributed by atoms with Gasteiger partial charge in [-0.25, -0.2) is 0 Å². The summed E-state index contributed by atoms with van der Waals surface area (Å²) in [6.07, 6.45) is 0.970. The van der Waals surface area contributed by atoms with Crippen molar-refractivity contribution in [3.8, 4) is 5.69 Å². The molecule has 28 heavy (non-hydrogen) atoms. The summed E-state index contributed by atoms with van der Waals surface area (Å²) in [7, 11) is 0. The molecule has 1 heterocycles. The number of amides is 1. The predicted octanol–water partition coefficient (Wildman–Crippen LogP) is 3.76. The minimum absolute atomic E-state index is 0.0151. The summed E-state index contributed by atoms with van der Waals surface area (Å²) in [5.74, 6) is 0.290. The molecule has 0 saturated carbocycles. The first-order chi connectivity index (χ1) is 13.6. The van der Waals surface area contributed by atoms with Gasteiger partial charge in [-0.2, -0.15) is 4.68 Å². The van der Waals surface area contributed by atoms with Crippen molar-refractivity contribution in [1.82, 2.24) is 25.5 Å². The van der Waals surface area contributed by atoms with E-state index in [0.717, 1.165) is 17.7 Å². The average molecular weight is 396 g/mol. The van der Waals surface area contributed by atoms with Gasteiger partial charge in [-0.15, -0.1) is 5.10 Å². The average Bonchev–Trinajstić information content (AvgIpc) is 3.17. The highest BCUT2D eigenvalue weighted by Gasteiger charge is 2.20. The van der Waals surface area contributed by atoms with Crippen molar-refractivity contribution < 1.29 is 4.79 Å². The lowest BCUT2D eigenvalue weighted by atomic mass is 9.96. The molecule has 0 radical (unpaired) electrons. The molecule has 3 aromatic rings. The van der Waals surface area contributed by atoms with Crippen LogP contribution in [-0.2, 0) is 4.79 Å². The van der Waals surface area contributed by atoms with Crippen LogP contribution in [0.3, 0.4) is 0 Å². The highest BCUT2D eigenvalue weighted by molar-refractivity contribution is 8.00. The van der Waals surface area contributed by atoms with Gasteiger partial charge in [0.2, 0.25) is 11.1 Å². The number of rotatable bonds is 8. The van der Waals surface area contributed by atoms with Crippen LogP contribution < -0.4 is 5.32 Å². The lowest BCUT2D eigenvalue weighted by molar-refractivity contribution is -0.120. The molecular weight excluding hydrogens is 370 g/mol. The van der Waals surface area contributed by atoms with Crippen molar-refractivity contribution in [3.05, 3.63) is 65.7 Å². The van der Waals surface area contributed by atoms with E-state index < -0.39 is 0 Å². The van der Waals surface area contributed by atoms with Gasteiger partial charge in [0.25, 0.3) is 0 Å². The number of para-hydroxylation sites is 1. The van der Waals surface area contributed by atoms with E-state index in [4.69, 9.17) is 0 Å². The molecule has 0 aliphatic rings. The Morgan fingerprint density at radius 1 is 1.14 bits per heavy atom. The summed E-state index contributed by atoms with van der Waals surface area (Å²) in [5, 5.41) is 15.4. The molecule has 2 aromatic carbocycles. The standard InChI is InChI=1S/C21H25N5OS/c1-4-17(18-11-6-5-7-12-18)14-22-20(27)16(3)28-21-23-24-25-26(21)19-13-9-8-10-15(19)2/h5-13,16-17H,4,14H2,1-3H3,(H,22,27)/t16-,17-/m0/s1. The Morgan fingerprint density at radius 3 is 2.57 bits per heavy atom. The van der Waals surface area contributed by atoms with E-state index in [1.54, 1.807) is 4.68 Å². The first-order valence-corrected chi connectivity index (χ1v) is 10.3. The summed E-state index contributed by atoms with van der Waals surface area (Å²) in [6.45, 7) is 6.64. The Balaban J connectivity index is 1.62. The van der Waals surface area contributed by atoms with Crippen LogP contribution in [0.1, 0.15) is 37.3 Å². The third-order valence-corrected chi connectivity index (χ3v) is 5.76. The van der Waals surface area contributed by atoms with E-state index in [-0.39, 0.29) is 11.2 Å². The van der Waals surface area contributed by atoms with Crippen molar-refractivity contribution >= 4 is 17.7 Å². The zero-order valence-corrected chi connectivity index (χ0v) is 17.2. The van der Waals surface area contributed by atoms with Gasteiger partial charge in [0.05, 0.1) is 10.9 Å². The number of nitrogens with zero attached hydrogens (tertiary/aromatic N) is 4. The first-order valence-electron chi connectivity index (χ1n) is 9.43. The van der Waals surface area contributed by atoms with Gasteiger partial charge in [-0.1, -0.05) is 67.2 Å². The molecule has 0 aliphatic heterocycles. The minimum Gasteiger partial charge on any atom is -0.355 e. The molecule has 0 aliphatic carbocycles. The summed E-state index contributed by atoms with van der Waals surface area (Å²) in [5.41, 5.74) is 3.23. The van der Waals surface area contributed by atoms with E-state index in [1.807, 2.05) is 56.3 Å². The van der Waals surface area contributed by atoms with E-state index >= 15 is 0 Å². The lowest BCUT2D eigenvalue weighted by Crippen LogP contribution is -2.34. The molecule has 146 valence electrons. The van der Waals surface area contributed by atoms with Crippen LogP contribution in [0.15, 0.2) is 59.8 Å². The molecule has 0 saturated heterocycles. The third kappa shape index (κ3) is 4.78. The molecule has 6 nitrogen and oxygen atoms in total. The Hall–Kier alpha value is -2.67. The number of hydrogen-bond acceptors (Lipinski definition) is 5. The van der Waals surface area contributed by atoms with Crippen molar-refractivity contribution in [2.75, 3.05) is 6.54 Å². The molecule has 3 rings (SSSR count). The van der Waals surface area contributed by atoms with Gasteiger partial charge in [-0.3, -0.25) is 4.79 Å². The second-order valence-electron chi connectivity index (χ2n) is 6.68.